The second kappa shape index (κ2) is 9.00. The maximum absolute atomic E-state index is 12.4. The molecule has 0 radical (unpaired) electrons. The number of halogens is 2. The molecule has 0 aliphatic heterocycles. The van der Waals surface area contributed by atoms with E-state index in [1.165, 1.54) is 25.3 Å². The Morgan fingerprint density at radius 3 is 2.58 bits per heavy atom. The summed E-state index contributed by atoms with van der Waals surface area (Å²) in [5, 5.41) is 2.59. The van der Waals surface area contributed by atoms with Crippen LogP contribution in [-0.2, 0) is 14.3 Å². The van der Waals surface area contributed by atoms with Crippen LogP contribution >= 0.6 is 0 Å². The van der Waals surface area contributed by atoms with Crippen LogP contribution in [0.1, 0.15) is 32.3 Å². The number of esters is 1. The summed E-state index contributed by atoms with van der Waals surface area (Å²) in [7, 11) is 1.25. The van der Waals surface area contributed by atoms with Gasteiger partial charge < -0.3 is 14.8 Å². The van der Waals surface area contributed by atoms with Crippen LogP contribution in [0.4, 0.5) is 8.78 Å². The van der Waals surface area contributed by atoms with Crippen LogP contribution in [0.5, 0.6) is 5.75 Å². The Hall–Kier alpha value is -2.44. The van der Waals surface area contributed by atoms with Gasteiger partial charge in [-0.25, -0.2) is 4.79 Å². The van der Waals surface area contributed by atoms with Gasteiger partial charge in [0.2, 0.25) is 5.91 Å². The number of alkyl halides is 2. The number of rotatable bonds is 8. The van der Waals surface area contributed by atoms with Crippen LogP contribution in [0, 0.1) is 0 Å². The monoisotopic (exact) mass is 341 g/mol. The quantitative estimate of drug-likeness (QED) is 0.583. The van der Waals surface area contributed by atoms with Crippen LogP contribution in [0.3, 0.4) is 0 Å². The van der Waals surface area contributed by atoms with Crippen LogP contribution in [0.15, 0.2) is 30.3 Å². The first-order chi connectivity index (χ1) is 11.3. The average molecular weight is 341 g/mol. The van der Waals surface area contributed by atoms with E-state index in [1.54, 1.807) is 19.1 Å². The van der Waals surface area contributed by atoms with Gasteiger partial charge in [0, 0.05) is 11.6 Å². The van der Waals surface area contributed by atoms with Gasteiger partial charge in [-0.05, 0) is 25.5 Å². The third-order valence-corrected chi connectivity index (χ3v) is 3.33. The summed E-state index contributed by atoms with van der Waals surface area (Å²) >= 11 is 0. The first-order valence-electron chi connectivity index (χ1n) is 7.45. The largest absolute Gasteiger partial charge is 0.467 e. The zero-order valence-electron chi connectivity index (χ0n) is 13.8. The second-order valence-electron chi connectivity index (χ2n) is 5.31. The summed E-state index contributed by atoms with van der Waals surface area (Å²) in [6.45, 7) is 0.490. The van der Waals surface area contributed by atoms with Gasteiger partial charge in [-0.2, -0.15) is 8.78 Å². The van der Waals surface area contributed by atoms with Crippen molar-refractivity contribution in [2.24, 2.45) is 0 Å². The van der Waals surface area contributed by atoms with Crippen LogP contribution in [0.2, 0.25) is 0 Å². The number of carbonyl (C=O) groups is 2. The highest BCUT2D eigenvalue weighted by Crippen LogP contribution is 2.21. The van der Waals surface area contributed by atoms with Crippen molar-refractivity contribution in [2.75, 3.05) is 7.11 Å². The van der Waals surface area contributed by atoms with E-state index >= 15 is 0 Å². The van der Waals surface area contributed by atoms with E-state index in [0.717, 1.165) is 6.08 Å². The summed E-state index contributed by atoms with van der Waals surface area (Å²) in [6.07, 6.45) is 3.58. The highest BCUT2D eigenvalue weighted by Gasteiger charge is 2.34. The summed E-state index contributed by atoms with van der Waals surface area (Å²) in [6, 6.07) is 6.09. The molecular weight excluding hydrogens is 320 g/mol. The number of hydrogen-bond donors (Lipinski definition) is 1. The summed E-state index contributed by atoms with van der Waals surface area (Å²) in [5.74, 6) is -1.13. The molecule has 1 unspecified atom stereocenters. The molecular formula is C17H21F2NO4. The molecule has 5 nitrogen and oxygen atoms in total. The molecule has 0 fully saturated rings. The van der Waals surface area contributed by atoms with Gasteiger partial charge in [-0.3, -0.25) is 4.79 Å². The molecule has 0 aliphatic carbocycles. The number of carbonyl (C=O) groups excluding carboxylic acids is 2. The van der Waals surface area contributed by atoms with E-state index in [1.807, 2.05) is 6.92 Å². The van der Waals surface area contributed by atoms with E-state index in [0.29, 0.717) is 18.4 Å². The van der Waals surface area contributed by atoms with Crippen LogP contribution in [-0.4, -0.2) is 31.1 Å². The number of nitrogens with one attached hydrogen (secondary N) is 1. The lowest BCUT2D eigenvalue weighted by Gasteiger charge is -2.26. The Labute approximate surface area is 139 Å². The lowest BCUT2D eigenvalue weighted by molar-refractivity contribution is -0.150. The van der Waals surface area contributed by atoms with Crippen LogP contribution in [0.25, 0.3) is 6.08 Å². The fourth-order valence-corrected chi connectivity index (χ4v) is 2.24. The summed E-state index contributed by atoms with van der Waals surface area (Å²) in [4.78, 5) is 23.9. The third kappa shape index (κ3) is 5.64. The predicted octanol–water partition coefficient (Wildman–Crippen LogP) is 3.15. The van der Waals surface area contributed by atoms with E-state index in [2.05, 4.69) is 10.1 Å². The van der Waals surface area contributed by atoms with E-state index in [4.69, 9.17) is 4.74 Å². The fourth-order valence-electron chi connectivity index (χ4n) is 2.24. The highest BCUT2D eigenvalue weighted by atomic mass is 19.3. The smallest absolute Gasteiger partial charge is 0.387 e. The van der Waals surface area contributed by atoms with Gasteiger partial charge in [-0.15, -0.1) is 0 Å². The van der Waals surface area contributed by atoms with Crippen molar-refractivity contribution in [1.29, 1.82) is 0 Å². The molecule has 0 aliphatic rings. The van der Waals surface area contributed by atoms with Crippen LogP contribution < -0.4 is 10.1 Å². The normalized spacial score (nSPS) is 13.6. The fraction of sp³-hybridized carbons (Fsp3) is 0.412. The molecule has 0 heterocycles. The summed E-state index contributed by atoms with van der Waals surface area (Å²) < 4.78 is 33.8. The van der Waals surface area contributed by atoms with Gasteiger partial charge in [-0.1, -0.05) is 31.5 Å². The van der Waals surface area contributed by atoms with Gasteiger partial charge >= 0.3 is 12.6 Å². The Bertz CT molecular complexity index is 604. The van der Waals surface area contributed by atoms with E-state index in [9.17, 15) is 18.4 Å². The number of para-hydroxylation sites is 1. The minimum absolute atomic E-state index is 0.0409. The van der Waals surface area contributed by atoms with Crippen molar-refractivity contribution < 1.29 is 27.8 Å². The van der Waals surface area contributed by atoms with Gasteiger partial charge in [0.25, 0.3) is 0 Å². The molecule has 1 atom stereocenters. The maximum Gasteiger partial charge on any atom is 0.387 e. The lowest BCUT2D eigenvalue weighted by atomic mass is 9.96. The van der Waals surface area contributed by atoms with Gasteiger partial charge in [0.1, 0.15) is 11.3 Å². The first-order valence-corrected chi connectivity index (χ1v) is 7.45. The molecule has 1 amide bonds. The summed E-state index contributed by atoms with van der Waals surface area (Å²) in [5.41, 5.74) is -0.826. The van der Waals surface area contributed by atoms with Gasteiger partial charge in [0.05, 0.1) is 7.11 Å². The molecule has 0 aromatic heterocycles. The standard InChI is InChI=1S/C17H21F2NO4/c1-4-11-17(2,15(22)23-3)20-14(21)10-9-12-7-5-6-8-13(12)24-16(18)19/h5-10,16H,4,11H2,1-3H3,(H,20,21)/b10-9+. The Balaban J connectivity index is 2.87. The molecule has 1 aromatic carbocycles. The molecule has 1 rings (SSSR count). The molecule has 0 bridgehead atoms. The number of methoxy groups -OCH3 is 1. The Morgan fingerprint density at radius 2 is 2.00 bits per heavy atom. The molecule has 0 saturated carbocycles. The number of benzene rings is 1. The molecule has 7 heteroatoms. The lowest BCUT2D eigenvalue weighted by Crippen LogP contribution is -2.52. The van der Waals surface area contributed by atoms with Crippen molar-refractivity contribution in [2.45, 2.75) is 38.8 Å². The third-order valence-electron chi connectivity index (χ3n) is 3.33. The number of amides is 1. The number of hydrogen-bond acceptors (Lipinski definition) is 4. The minimum atomic E-state index is -2.96. The molecule has 24 heavy (non-hydrogen) atoms. The molecule has 1 aromatic rings. The SMILES string of the molecule is CCCC(C)(NC(=O)/C=C/c1ccccc1OC(F)F)C(=O)OC. The predicted molar refractivity (Wildman–Crippen MR) is 85.6 cm³/mol. The highest BCUT2D eigenvalue weighted by molar-refractivity contribution is 5.96. The van der Waals surface area contributed by atoms with Crippen molar-refractivity contribution in [3.05, 3.63) is 35.9 Å². The average Bonchev–Trinajstić information content (AvgIpc) is 2.52. The zero-order valence-corrected chi connectivity index (χ0v) is 13.8. The second-order valence-corrected chi connectivity index (χ2v) is 5.31. The van der Waals surface area contributed by atoms with Crippen molar-refractivity contribution >= 4 is 18.0 Å². The number of ether oxygens (including phenoxy) is 2. The molecule has 0 spiro atoms. The Kier molecular flexibility index (Phi) is 7.35. The Morgan fingerprint density at radius 1 is 1.33 bits per heavy atom. The van der Waals surface area contributed by atoms with Crippen molar-refractivity contribution in [1.82, 2.24) is 5.32 Å². The van der Waals surface area contributed by atoms with E-state index in [-0.39, 0.29) is 5.75 Å². The molecule has 0 saturated heterocycles. The minimum Gasteiger partial charge on any atom is -0.467 e. The van der Waals surface area contributed by atoms with E-state index < -0.39 is 24.0 Å². The zero-order chi connectivity index (χ0) is 18.2. The van der Waals surface area contributed by atoms with Crippen molar-refractivity contribution in [3.63, 3.8) is 0 Å². The first kappa shape index (κ1) is 19.6. The maximum atomic E-state index is 12.4. The topological polar surface area (TPSA) is 64.6 Å². The van der Waals surface area contributed by atoms with Gasteiger partial charge in [0.15, 0.2) is 0 Å². The molecule has 132 valence electrons. The van der Waals surface area contributed by atoms with Crippen molar-refractivity contribution in [3.8, 4) is 5.75 Å². The molecule has 1 N–H and O–H groups in total.